The van der Waals surface area contributed by atoms with E-state index >= 15 is 0 Å². The van der Waals surface area contributed by atoms with Crippen LogP contribution < -0.4 is 5.32 Å². The molecule has 0 bridgehead atoms. The van der Waals surface area contributed by atoms with Gasteiger partial charge in [0.25, 0.3) is 0 Å². The number of nitrogens with one attached hydrogen (secondary N) is 1. The van der Waals surface area contributed by atoms with E-state index in [0.717, 1.165) is 24.8 Å². The molecule has 1 N–H and O–H groups in total. The number of hydrogen-bond donors (Lipinski definition) is 1. The van der Waals surface area contributed by atoms with Crippen molar-refractivity contribution in [2.45, 2.75) is 31.9 Å². The van der Waals surface area contributed by atoms with E-state index in [1.54, 1.807) is 0 Å². The molecule has 0 spiro atoms. The molecule has 1 saturated carbocycles. The van der Waals surface area contributed by atoms with Gasteiger partial charge in [0.1, 0.15) is 5.82 Å². The highest BCUT2D eigenvalue weighted by atomic mass is 79.9. The van der Waals surface area contributed by atoms with Gasteiger partial charge in [0.15, 0.2) is 0 Å². The molecule has 0 saturated heterocycles. The van der Waals surface area contributed by atoms with Crippen LogP contribution in [0.3, 0.4) is 0 Å². The van der Waals surface area contributed by atoms with E-state index in [-0.39, 0.29) is 10.3 Å². The molecular weight excluding hydrogens is 309 g/mol. The van der Waals surface area contributed by atoms with Gasteiger partial charge in [-0.2, -0.15) is 13.2 Å². The molecule has 1 heterocycles. The van der Waals surface area contributed by atoms with E-state index in [4.69, 9.17) is 0 Å². The first-order chi connectivity index (χ1) is 8.47. The summed E-state index contributed by atoms with van der Waals surface area (Å²) in [5.74, 6) is 1.12. The third kappa shape index (κ3) is 3.86. The number of anilines is 1. The van der Waals surface area contributed by atoms with Crippen LogP contribution >= 0.6 is 15.9 Å². The van der Waals surface area contributed by atoms with Crippen molar-refractivity contribution in [3.63, 3.8) is 0 Å². The van der Waals surface area contributed by atoms with Crippen molar-refractivity contribution in [2.75, 3.05) is 11.9 Å². The predicted octanol–water partition coefficient (Wildman–Crippen LogP) is 4.47. The van der Waals surface area contributed by atoms with Crippen LogP contribution in [0.25, 0.3) is 0 Å². The molecule has 0 amide bonds. The quantitative estimate of drug-likeness (QED) is 0.809. The van der Waals surface area contributed by atoms with Gasteiger partial charge in [-0.25, -0.2) is 4.98 Å². The minimum absolute atomic E-state index is 0.0291. The van der Waals surface area contributed by atoms with Crippen LogP contribution in [0.1, 0.15) is 31.2 Å². The maximum absolute atomic E-state index is 12.6. The summed E-state index contributed by atoms with van der Waals surface area (Å²) in [5, 5.41) is 2.94. The summed E-state index contributed by atoms with van der Waals surface area (Å²) in [6.07, 6.45) is 1.56. The summed E-state index contributed by atoms with van der Waals surface area (Å²) in [6.45, 7) is 0.669. The molecule has 1 fully saturated rings. The molecule has 0 radical (unpaired) electrons. The number of pyridine rings is 1. The van der Waals surface area contributed by atoms with Crippen LogP contribution in [0.4, 0.5) is 19.0 Å². The Kier molecular flexibility index (Phi) is 4.14. The summed E-state index contributed by atoms with van der Waals surface area (Å²) >= 11 is 2.87. The van der Waals surface area contributed by atoms with Gasteiger partial charge in [-0.15, -0.1) is 0 Å². The molecule has 0 atom stereocenters. The fourth-order valence-corrected chi connectivity index (χ4v) is 2.21. The summed E-state index contributed by atoms with van der Waals surface area (Å²) in [5.41, 5.74) is -0.692. The van der Waals surface area contributed by atoms with Crippen molar-refractivity contribution in [3.8, 4) is 0 Å². The molecule has 1 aromatic rings. The Morgan fingerprint density at radius 3 is 2.72 bits per heavy atom. The zero-order chi connectivity index (χ0) is 13.2. The highest BCUT2D eigenvalue weighted by Crippen LogP contribution is 2.36. The highest BCUT2D eigenvalue weighted by Gasteiger charge is 2.33. The molecule has 1 aromatic heterocycles. The van der Waals surface area contributed by atoms with E-state index < -0.39 is 11.7 Å². The van der Waals surface area contributed by atoms with Crippen LogP contribution in [0.5, 0.6) is 0 Å². The molecule has 6 heteroatoms. The molecule has 0 unspecified atom stereocenters. The smallest absolute Gasteiger partial charge is 0.370 e. The lowest BCUT2D eigenvalue weighted by molar-refractivity contribution is -0.138. The third-order valence-electron chi connectivity index (χ3n) is 2.95. The zero-order valence-corrected chi connectivity index (χ0v) is 11.3. The van der Waals surface area contributed by atoms with Gasteiger partial charge in [-0.05, 0) is 40.8 Å². The van der Waals surface area contributed by atoms with E-state index in [0.29, 0.717) is 6.54 Å². The van der Waals surface area contributed by atoms with Gasteiger partial charge in [0.2, 0.25) is 0 Å². The van der Waals surface area contributed by atoms with Gasteiger partial charge in [-0.1, -0.05) is 12.8 Å². The molecular formula is C12H14BrF3N2. The van der Waals surface area contributed by atoms with Crippen LogP contribution in [0.2, 0.25) is 0 Å². The number of alkyl halides is 3. The summed E-state index contributed by atoms with van der Waals surface area (Å²) in [7, 11) is 0. The number of hydrogen-bond acceptors (Lipinski definition) is 2. The predicted molar refractivity (Wildman–Crippen MR) is 67.4 cm³/mol. The Balaban J connectivity index is 1.91. The summed E-state index contributed by atoms with van der Waals surface area (Å²) < 4.78 is 37.9. The lowest BCUT2D eigenvalue weighted by Crippen LogP contribution is -2.09. The first-order valence-electron chi connectivity index (χ1n) is 5.93. The molecule has 2 rings (SSSR count). The summed E-state index contributed by atoms with van der Waals surface area (Å²) in [4.78, 5) is 3.93. The number of nitrogens with zero attached hydrogens (tertiary/aromatic N) is 1. The average Bonchev–Trinajstić information content (AvgIpc) is 3.09. The summed E-state index contributed by atoms with van der Waals surface area (Å²) in [6, 6.07) is 1.04. The van der Waals surface area contributed by atoms with Crippen LogP contribution in [0, 0.1) is 5.92 Å². The third-order valence-corrected chi connectivity index (χ3v) is 3.58. The molecule has 100 valence electrons. The van der Waals surface area contributed by atoms with E-state index in [2.05, 4.69) is 26.2 Å². The van der Waals surface area contributed by atoms with Crippen LogP contribution in [-0.4, -0.2) is 11.5 Å². The lowest BCUT2D eigenvalue weighted by atomic mass is 10.2. The second-order valence-corrected chi connectivity index (χ2v) is 5.41. The Bertz CT molecular complexity index is 416. The molecule has 1 aliphatic carbocycles. The van der Waals surface area contributed by atoms with Gasteiger partial charge in [-0.3, -0.25) is 0 Å². The Morgan fingerprint density at radius 1 is 1.39 bits per heavy atom. The molecule has 0 aliphatic heterocycles. The van der Waals surface area contributed by atoms with E-state index in [1.165, 1.54) is 19.0 Å². The fourth-order valence-electron chi connectivity index (χ4n) is 1.77. The monoisotopic (exact) mass is 322 g/mol. The van der Waals surface area contributed by atoms with Crippen molar-refractivity contribution in [1.82, 2.24) is 4.98 Å². The van der Waals surface area contributed by atoms with Crippen molar-refractivity contribution < 1.29 is 13.2 Å². The first kappa shape index (κ1) is 13.6. The highest BCUT2D eigenvalue weighted by molar-refractivity contribution is 9.10. The lowest BCUT2D eigenvalue weighted by Gasteiger charge is -2.11. The average molecular weight is 323 g/mol. The SMILES string of the molecule is FC(F)(F)c1cc(NCCCC2CC2)ncc1Br. The molecule has 0 aromatic carbocycles. The van der Waals surface area contributed by atoms with E-state index in [9.17, 15) is 13.2 Å². The second-order valence-electron chi connectivity index (χ2n) is 4.56. The number of halogens is 4. The first-order valence-corrected chi connectivity index (χ1v) is 6.73. The van der Waals surface area contributed by atoms with Crippen LogP contribution in [-0.2, 0) is 6.18 Å². The maximum Gasteiger partial charge on any atom is 0.417 e. The van der Waals surface area contributed by atoms with Gasteiger partial charge < -0.3 is 5.32 Å². The standard InChI is InChI=1S/C12H14BrF3N2/c13-10-7-18-11(6-9(10)12(14,15)16)17-5-1-2-8-3-4-8/h6-8H,1-5H2,(H,17,18). The van der Waals surface area contributed by atoms with Gasteiger partial charge in [0.05, 0.1) is 5.56 Å². The van der Waals surface area contributed by atoms with Crippen molar-refractivity contribution in [3.05, 3.63) is 22.3 Å². The Morgan fingerprint density at radius 2 is 2.11 bits per heavy atom. The van der Waals surface area contributed by atoms with Crippen LogP contribution in [0.15, 0.2) is 16.7 Å². The van der Waals surface area contributed by atoms with Gasteiger partial charge >= 0.3 is 6.18 Å². The fraction of sp³-hybridized carbons (Fsp3) is 0.583. The Hall–Kier alpha value is -0.780. The largest absolute Gasteiger partial charge is 0.417 e. The molecule has 2 nitrogen and oxygen atoms in total. The minimum Gasteiger partial charge on any atom is -0.370 e. The Labute approximate surface area is 112 Å². The second kappa shape index (κ2) is 5.47. The number of rotatable bonds is 5. The number of aromatic nitrogens is 1. The molecule has 1 aliphatic rings. The maximum atomic E-state index is 12.6. The minimum atomic E-state index is -4.35. The van der Waals surface area contributed by atoms with Crippen molar-refractivity contribution in [2.24, 2.45) is 5.92 Å². The van der Waals surface area contributed by atoms with Crippen molar-refractivity contribution >= 4 is 21.7 Å². The normalized spacial score (nSPS) is 15.8. The van der Waals surface area contributed by atoms with Crippen molar-refractivity contribution in [1.29, 1.82) is 0 Å². The van der Waals surface area contributed by atoms with Gasteiger partial charge in [0, 0.05) is 17.2 Å². The van der Waals surface area contributed by atoms with E-state index in [1.807, 2.05) is 0 Å². The topological polar surface area (TPSA) is 24.9 Å². The molecule has 18 heavy (non-hydrogen) atoms. The zero-order valence-electron chi connectivity index (χ0n) is 9.73.